The van der Waals surface area contributed by atoms with Gasteiger partial charge in [-0.2, -0.15) is 0 Å². The molecule has 0 spiro atoms. The second-order valence-corrected chi connectivity index (χ2v) is 5.23. The van der Waals surface area contributed by atoms with Crippen molar-refractivity contribution in [2.75, 3.05) is 24.2 Å². The average Bonchev–Trinajstić information content (AvgIpc) is 2.75. The zero-order valence-corrected chi connectivity index (χ0v) is 11.0. The summed E-state index contributed by atoms with van der Waals surface area (Å²) in [5.41, 5.74) is 5.52. The van der Waals surface area contributed by atoms with Crippen LogP contribution in [0.4, 0.5) is 11.5 Å². The van der Waals surface area contributed by atoms with Crippen LogP contribution in [-0.4, -0.2) is 40.4 Å². The van der Waals surface area contributed by atoms with Gasteiger partial charge in [-0.25, -0.2) is 9.78 Å². The van der Waals surface area contributed by atoms with Crippen molar-refractivity contribution in [3.8, 4) is 0 Å². The van der Waals surface area contributed by atoms with Gasteiger partial charge in [0.25, 0.3) is 0 Å². The Morgan fingerprint density at radius 1 is 1.53 bits per heavy atom. The molecule has 0 unspecified atom stereocenters. The first kappa shape index (κ1) is 13.6. The molecule has 1 saturated carbocycles. The van der Waals surface area contributed by atoms with Crippen LogP contribution >= 0.6 is 0 Å². The lowest BCUT2D eigenvalue weighted by molar-refractivity contribution is 0.0557. The summed E-state index contributed by atoms with van der Waals surface area (Å²) >= 11 is 0. The standard InChI is InChI=1S/C13H19N3O3/c1-16(8-13(19)4-2-3-5-13)11-10(14)6-9(7-15-11)12(17)18/h6-7,19H,2-5,8,14H2,1H3,(H,17,18). The molecule has 0 aliphatic heterocycles. The molecule has 0 atom stereocenters. The van der Waals surface area contributed by atoms with Gasteiger partial charge < -0.3 is 20.8 Å². The van der Waals surface area contributed by atoms with E-state index in [0.717, 1.165) is 25.7 Å². The van der Waals surface area contributed by atoms with E-state index in [1.807, 2.05) is 0 Å². The highest BCUT2D eigenvalue weighted by Crippen LogP contribution is 2.31. The predicted octanol–water partition coefficient (Wildman–Crippen LogP) is 1.10. The second kappa shape index (κ2) is 5.05. The minimum absolute atomic E-state index is 0.0641. The number of aromatic carboxylic acids is 1. The Morgan fingerprint density at radius 2 is 2.16 bits per heavy atom. The van der Waals surface area contributed by atoms with E-state index in [2.05, 4.69) is 4.98 Å². The van der Waals surface area contributed by atoms with E-state index in [1.165, 1.54) is 12.3 Å². The van der Waals surface area contributed by atoms with Crippen LogP contribution in [0.5, 0.6) is 0 Å². The summed E-state index contributed by atoms with van der Waals surface area (Å²) in [5.74, 6) is -0.548. The number of nitrogen functional groups attached to an aromatic ring is 1. The first-order chi connectivity index (χ1) is 8.91. The number of carbonyl (C=O) groups is 1. The molecule has 6 nitrogen and oxygen atoms in total. The molecule has 1 aliphatic rings. The number of nitrogens with two attached hydrogens (primary N) is 1. The van der Waals surface area contributed by atoms with Crippen LogP contribution in [0, 0.1) is 0 Å². The lowest BCUT2D eigenvalue weighted by Gasteiger charge is -2.29. The van der Waals surface area contributed by atoms with Gasteiger partial charge >= 0.3 is 5.97 Å². The van der Waals surface area contributed by atoms with Crippen LogP contribution in [0.25, 0.3) is 0 Å². The summed E-state index contributed by atoms with van der Waals surface area (Å²) in [6.45, 7) is 0.455. The number of carboxylic acids is 1. The van der Waals surface area contributed by atoms with Gasteiger partial charge in [0.2, 0.25) is 0 Å². The maximum Gasteiger partial charge on any atom is 0.337 e. The molecule has 1 aliphatic carbocycles. The quantitative estimate of drug-likeness (QED) is 0.754. The molecule has 1 aromatic rings. The third-order valence-corrected chi connectivity index (χ3v) is 3.57. The Hall–Kier alpha value is -1.82. The van der Waals surface area contributed by atoms with Gasteiger partial charge in [-0.1, -0.05) is 12.8 Å². The zero-order valence-electron chi connectivity index (χ0n) is 11.0. The van der Waals surface area contributed by atoms with E-state index in [0.29, 0.717) is 18.1 Å². The van der Waals surface area contributed by atoms with Crippen LogP contribution in [0.1, 0.15) is 36.0 Å². The molecule has 1 aromatic heterocycles. The number of pyridine rings is 1. The number of hydrogen-bond donors (Lipinski definition) is 3. The molecule has 0 saturated heterocycles. The molecule has 19 heavy (non-hydrogen) atoms. The topological polar surface area (TPSA) is 99.7 Å². The summed E-state index contributed by atoms with van der Waals surface area (Å²) in [6.07, 6.45) is 4.91. The molecule has 0 radical (unpaired) electrons. The smallest absolute Gasteiger partial charge is 0.337 e. The number of likely N-dealkylation sites (N-methyl/N-ethyl adjacent to an activating group) is 1. The van der Waals surface area contributed by atoms with E-state index < -0.39 is 11.6 Å². The fourth-order valence-corrected chi connectivity index (χ4v) is 2.62. The summed E-state index contributed by atoms with van der Waals surface area (Å²) in [6, 6.07) is 1.39. The summed E-state index contributed by atoms with van der Waals surface area (Å²) in [4.78, 5) is 16.7. The zero-order chi connectivity index (χ0) is 14.0. The normalized spacial score (nSPS) is 17.4. The van der Waals surface area contributed by atoms with Gasteiger partial charge in [0, 0.05) is 19.8 Å². The van der Waals surface area contributed by atoms with Crippen LogP contribution in [-0.2, 0) is 0 Å². The van der Waals surface area contributed by atoms with Crippen LogP contribution in [0.3, 0.4) is 0 Å². The SMILES string of the molecule is CN(CC1(O)CCCC1)c1ncc(C(=O)O)cc1N. The Morgan fingerprint density at radius 3 is 2.68 bits per heavy atom. The maximum absolute atomic E-state index is 10.8. The first-order valence-electron chi connectivity index (χ1n) is 6.34. The van der Waals surface area contributed by atoms with Crippen molar-refractivity contribution in [2.24, 2.45) is 0 Å². The fraction of sp³-hybridized carbons (Fsp3) is 0.538. The van der Waals surface area contributed by atoms with Crippen molar-refractivity contribution in [3.63, 3.8) is 0 Å². The highest BCUT2D eigenvalue weighted by Gasteiger charge is 2.32. The average molecular weight is 265 g/mol. The van der Waals surface area contributed by atoms with E-state index in [9.17, 15) is 9.90 Å². The Bertz CT molecular complexity index is 484. The van der Waals surface area contributed by atoms with Gasteiger partial charge in [-0.3, -0.25) is 0 Å². The minimum Gasteiger partial charge on any atom is -0.478 e. The number of carboxylic acid groups (broad SMARTS) is 1. The highest BCUT2D eigenvalue weighted by atomic mass is 16.4. The fourth-order valence-electron chi connectivity index (χ4n) is 2.62. The third-order valence-electron chi connectivity index (χ3n) is 3.57. The Balaban J connectivity index is 2.15. The lowest BCUT2D eigenvalue weighted by Crippen LogP contribution is -2.39. The maximum atomic E-state index is 10.8. The minimum atomic E-state index is -1.05. The highest BCUT2D eigenvalue weighted by molar-refractivity contribution is 5.89. The van der Waals surface area contributed by atoms with Crippen molar-refractivity contribution in [3.05, 3.63) is 17.8 Å². The first-order valence-corrected chi connectivity index (χ1v) is 6.34. The molecule has 1 fully saturated rings. The van der Waals surface area contributed by atoms with Gasteiger partial charge in [0.15, 0.2) is 5.82 Å². The number of anilines is 2. The summed E-state index contributed by atoms with van der Waals surface area (Å²) in [5, 5.41) is 19.2. The number of aromatic nitrogens is 1. The third kappa shape index (κ3) is 2.96. The van der Waals surface area contributed by atoms with Crippen molar-refractivity contribution in [2.45, 2.75) is 31.3 Å². The molecule has 0 aromatic carbocycles. The predicted molar refractivity (Wildman–Crippen MR) is 72.3 cm³/mol. The molecular formula is C13H19N3O3. The molecule has 2 rings (SSSR count). The number of nitrogens with zero attached hydrogens (tertiary/aromatic N) is 2. The van der Waals surface area contributed by atoms with Gasteiger partial charge in [-0.05, 0) is 18.9 Å². The largest absolute Gasteiger partial charge is 0.478 e. The van der Waals surface area contributed by atoms with Gasteiger partial charge in [0.1, 0.15) is 0 Å². The van der Waals surface area contributed by atoms with Crippen LogP contribution < -0.4 is 10.6 Å². The Kier molecular flexibility index (Phi) is 3.61. The molecule has 4 N–H and O–H groups in total. The summed E-state index contributed by atoms with van der Waals surface area (Å²) < 4.78 is 0. The van der Waals surface area contributed by atoms with Gasteiger partial charge in [0.05, 0.1) is 16.9 Å². The van der Waals surface area contributed by atoms with E-state index >= 15 is 0 Å². The van der Waals surface area contributed by atoms with E-state index in [4.69, 9.17) is 10.8 Å². The summed E-state index contributed by atoms with van der Waals surface area (Å²) in [7, 11) is 1.80. The molecule has 104 valence electrons. The van der Waals surface area contributed by atoms with Crippen molar-refractivity contribution < 1.29 is 15.0 Å². The van der Waals surface area contributed by atoms with E-state index in [-0.39, 0.29) is 5.56 Å². The monoisotopic (exact) mass is 265 g/mol. The lowest BCUT2D eigenvalue weighted by atomic mass is 10.0. The van der Waals surface area contributed by atoms with Crippen molar-refractivity contribution in [1.82, 2.24) is 4.98 Å². The molecule has 1 heterocycles. The van der Waals surface area contributed by atoms with Gasteiger partial charge in [-0.15, -0.1) is 0 Å². The van der Waals surface area contributed by atoms with Crippen LogP contribution in [0.15, 0.2) is 12.3 Å². The number of rotatable bonds is 4. The Labute approximate surface area is 111 Å². The molecule has 6 heteroatoms. The van der Waals surface area contributed by atoms with Crippen LogP contribution in [0.2, 0.25) is 0 Å². The second-order valence-electron chi connectivity index (χ2n) is 5.23. The molecular weight excluding hydrogens is 246 g/mol. The molecule has 0 amide bonds. The van der Waals surface area contributed by atoms with Crippen molar-refractivity contribution in [1.29, 1.82) is 0 Å². The molecule has 0 bridgehead atoms. The van der Waals surface area contributed by atoms with Crippen molar-refractivity contribution >= 4 is 17.5 Å². The number of aliphatic hydroxyl groups is 1. The number of hydrogen-bond acceptors (Lipinski definition) is 5. The van der Waals surface area contributed by atoms with E-state index in [1.54, 1.807) is 11.9 Å².